The van der Waals surface area contributed by atoms with E-state index in [1.54, 1.807) is 24.0 Å². The van der Waals surface area contributed by atoms with E-state index in [0.29, 0.717) is 24.2 Å². The van der Waals surface area contributed by atoms with Crippen molar-refractivity contribution in [3.8, 4) is 23.1 Å². The van der Waals surface area contributed by atoms with Gasteiger partial charge < -0.3 is 20.3 Å². The number of carbonyl (C=O) groups excluding carboxylic acids is 1. The van der Waals surface area contributed by atoms with Gasteiger partial charge in [0.25, 0.3) is 5.91 Å². The lowest BCUT2D eigenvalue weighted by atomic mass is 9.93. The SMILES string of the molecule is CN1CCN(c2ccc(Oc3ncc4c(n3)-c3c(c(C(N)=O)nn3C)CC4)c(F)c2)CC1. The number of carbonyl (C=O) groups is 1. The average molecular weight is 437 g/mol. The molecule has 2 aliphatic rings. The number of piperazine rings is 1. The lowest BCUT2D eigenvalue weighted by molar-refractivity contribution is 0.0994. The molecule has 9 nitrogen and oxygen atoms in total. The molecule has 2 N–H and O–H groups in total. The number of fused-ring (bicyclic) bond motifs is 3. The van der Waals surface area contributed by atoms with Crippen molar-refractivity contribution in [3.05, 3.63) is 47.0 Å². The fourth-order valence-electron chi connectivity index (χ4n) is 4.32. The van der Waals surface area contributed by atoms with Crippen molar-refractivity contribution < 1.29 is 13.9 Å². The molecule has 1 aromatic carbocycles. The van der Waals surface area contributed by atoms with Crippen LogP contribution in [0.5, 0.6) is 11.8 Å². The first kappa shape index (κ1) is 20.4. The summed E-state index contributed by atoms with van der Waals surface area (Å²) in [4.78, 5) is 24.9. The Kier molecular flexibility index (Phi) is 5.01. The van der Waals surface area contributed by atoms with Gasteiger partial charge in [0.2, 0.25) is 0 Å². The molecule has 10 heteroatoms. The summed E-state index contributed by atoms with van der Waals surface area (Å²) in [5, 5.41) is 4.25. The standard InChI is InChI=1S/C22H24FN7O2/c1-28-7-9-30(10-8-28)14-4-6-17(16(23)11-14)32-22-25-12-13-3-5-15-19(21(24)31)27-29(2)20(15)18(13)26-22/h4,6,11-12H,3,5,7-10H2,1-2H3,(H2,24,31). The van der Waals surface area contributed by atoms with Gasteiger partial charge in [-0.15, -0.1) is 0 Å². The van der Waals surface area contributed by atoms with E-state index in [4.69, 9.17) is 10.5 Å². The molecule has 1 amide bonds. The van der Waals surface area contributed by atoms with Crippen LogP contribution in [0.4, 0.5) is 10.1 Å². The number of rotatable bonds is 4. The third-order valence-electron chi connectivity index (χ3n) is 6.07. The second-order valence-electron chi connectivity index (χ2n) is 8.20. The van der Waals surface area contributed by atoms with Crippen LogP contribution >= 0.6 is 0 Å². The first-order valence-corrected chi connectivity index (χ1v) is 10.5. The van der Waals surface area contributed by atoms with Gasteiger partial charge in [-0.3, -0.25) is 9.48 Å². The van der Waals surface area contributed by atoms with Crippen molar-refractivity contribution in [1.29, 1.82) is 0 Å². The van der Waals surface area contributed by atoms with Gasteiger partial charge in [0.1, 0.15) is 0 Å². The van der Waals surface area contributed by atoms with Crippen molar-refractivity contribution in [1.82, 2.24) is 24.6 Å². The van der Waals surface area contributed by atoms with Gasteiger partial charge in [0, 0.05) is 56.7 Å². The van der Waals surface area contributed by atoms with Crippen LogP contribution in [0.25, 0.3) is 11.4 Å². The number of nitrogens with zero attached hydrogens (tertiary/aromatic N) is 6. The number of nitrogens with two attached hydrogens (primary N) is 1. The minimum atomic E-state index is -0.571. The number of hydrogen-bond donors (Lipinski definition) is 1. The number of halogens is 1. The number of hydrogen-bond acceptors (Lipinski definition) is 7. The highest BCUT2D eigenvalue weighted by molar-refractivity contribution is 5.94. The lowest BCUT2D eigenvalue weighted by Gasteiger charge is -2.34. The molecule has 1 aliphatic heterocycles. The predicted octanol–water partition coefficient (Wildman–Crippen LogP) is 1.76. The number of benzene rings is 1. The van der Waals surface area contributed by atoms with Crippen LogP contribution < -0.4 is 15.4 Å². The van der Waals surface area contributed by atoms with Crippen LogP contribution in [0.1, 0.15) is 21.6 Å². The summed E-state index contributed by atoms with van der Waals surface area (Å²) in [5.74, 6) is -0.986. The number of primary amides is 1. The first-order valence-electron chi connectivity index (χ1n) is 10.5. The molecule has 0 unspecified atom stereocenters. The molecule has 2 aromatic heterocycles. The maximum absolute atomic E-state index is 14.8. The molecule has 166 valence electrons. The Labute approximate surface area is 184 Å². The number of ether oxygens (including phenoxy) is 1. The van der Waals surface area contributed by atoms with Gasteiger partial charge >= 0.3 is 6.01 Å². The van der Waals surface area contributed by atoms with E-state index >= 15 is 0 Å². The number of amides is 1. The van der Waals surface area contributed by atoms with E-state index in [1.807, 2.05) is 6.07 Å². The summed E-state index contributed by atoms with van der Waals surface area (Å²) in [6.07, 6.45) is 2.96. The molecule has 0 radical (unpaired) electrons. The smallest absolute Gasteiger partial charge is 0.322 e. The van der Waals surface area contributed by atoms with Crippen LogP contribution in [-0.4, -0.2) is 63.8 Å². The minimum absolute atomic E-state index is 0.0321. The quantitative estimate of drug-likeness (QED) is 0.663. The van der Waals surface area contributed by atoms with Gasteiger partial charge in [-0.25, -0.2) is 9.37 Å². The zero-order valence-corrected chi connectivity index (χ0v) is 18.0. The molecule has 0 atom stereocenters. The van der Waals surface area contributed by atoms with Crippen molar-refractivity contribution >= 4 is 11.6 Å². The summed E-state index contributed by atoms with van der Waals surface area (Å²) in [5.41, 5.74) is 9.55. The molecule has 0 saturated carbocycles. The summed E-state index contributed by atoms with van der Waals surface area (Å²) in [7, 11) is 3.82. The molecule has 0 bridgehead atoms. The van der Waals surface area contributed by atoms with E-state index in [1.165, 1.54) is 6.07 Å². The molecule has 3 aromatic rings. The molecule has 32 heavy (non-hydrogen) atoms. The van der Waals surface area contributed by atoms with E-state index in [9.17, 15) is 9.18 Å². The highest BCUT2D eigenvalue weighted by Gasteiger charge is 2.28. The molecule has 1 aliphatic carbocycles. The molecular weight excluding hydrogens is 413 g/mol. The number of anilines is 1. The molecule has 3 heterocycles. The number of aromatic nitrogens is 4. The Hall–Kier alpha value is -3.53. The van der Waals surface area contributed by atoms with E-state index < -0.39 is 11.7 Å². The molecular formula is C22H24FN7O2. The third-order valence-corrected chi connectivity index (χ3v) is 6.07. The minimum Gasteiger partial charge on any atom is -0.421 e. The average Bonchev–Trinajstić information content (AvgIpc) is 3.13. The Morgan fingerprint density at radius 2 is 1.94 bits per heavy atom. The van der Waals surface area contributed by atoms with Crippen LogP contribution in [0.2, 0.25) is 0 Å². The third kappa shape index (κ3) is 3.56. The molecule has 5 rings (SSSR count). The molecule has 0 spiro atoms. The zero-order valence-electron chi connectivity index (χ0n) is 18.0. The van der Waals surface area contributed by atoms with Crippen molar-refractivity contribution in [2.24, 2.45) is 12.8 Å². The van der Waals surface area contributed by atoms with Crippen LogP contribution in [0.15, 0.2) is 24.4 Å². The normalized spacial score (nSPS) is 15.9. The monoisotopic (exact) mass is 437 g/mol. The maximum atomic E-state index is 14.8. The summed E-state index contributed by atoms with van der Waals surface area (Å²) < 4.78 is 22.1. The van der Waals surface area contributed by atoms with Gasteiger partial charge in [-0.05, 0) is 37.6 Å². The van der Waals surface area contributed by atoms with Gasteiger partial charge in [0.05, 0.1) is 11.4 Å². The Morgan fingerprint density at radius 1 is 1.16 bits per heavy atom. The Balaban J connectivity index is 1.42. The van der Waals surface area contributed by atoms with Crippen LogP contribution in [0, 0.1) is 5.82 Å². The predicted molar refractivity (Wildman–Crippen MR) is 116 cm³/mol. The van der Waals surface area contributed by atoms with Crippen LogP contribution in [-0.2, 0) is 19.9 Å². The van der Waals surface area contributed by atoms with E-state index in [2.05, 4.69) is 31.9 Å². The fraction of sp³-hybridized carbons (Fsp3) is 0.364. The Morgan fingerprint density at radius 3 is 2.66 bits per heavy atom. The Bertz CT molecular complexity index is 1200. The topological polar surface area (TPSA) is 102 Å². The van der Waals surface area contributed by atoms with Crippen LogP contribution in [0.3, 0.4) is 0 Å². The first-order chi connectivity index (χ1) is 15.4. The summed E-state index contributed by atoms with van der Waals surface area (Å²) >= 11 is 0. The maximum Gasteiger partial charge on any atom is 0.322 e. The summed E-state index contributed by atoms with van der Waals surface area (Å²) in [6, 6.07) is 4.97. The van der Waals surface area contributed by atoms with Crippen molar-refractivity contribution in [2.75, 3.05) is 38.1 Å². The number of aryl methyl sites for hydroxylation is 2. The second kappa shape index (κ2) is 7.86. The number of likely N-dealkylation sites (N-methyl/N-ethyl adjacent to an activating group) is 1. The second-order valence-corrected chi connectivity index (χ2v) is 8.20. The highest BCUT2D eigenvalue weighted by atomic mass is 19.1. The summed E-state index contributed by atoms with van der Waals surface area (Å²) in [6.45, 7) is 3.58. The highest BCUT2D eigenvalue weighted by Crippen LogP contribution is 2.35. The van der Waals surface area contributed by atoms with E-state index in [-0.39, 0.29) is 17.5 Å². The molecule has 1 fully saturated rings. The van der Waals surface area contributed by atoms with Gasteiger partial charge in [0.15, 0.2) is 17.3 Å². The van der Waals surface area contributed by atoms with Gasteiger partial charge in [-0.1, -0.05) is 0 Å². The fourth-order valence-corrected chi connectivity index (χ4v) is 4.32. The van der Waals surface area contributed by atoms with E-state index in [0.717, 1.165) is 43.0 Å². The molecule has 1 saturated heterocycles. The van der Waals surface area contributed by atoms with Crippen molar-refractivity contribution in [3.63, 3.8) is 0 Å². The van der Waals surface area contributed by atoms with Gasteiger partial charge in [-0.2, -0.15) is 10.1 Å². The zero-order chi connectivity index (χ0) is 22.4. The largest absolute Gasteiger partial charge is 0.421 e. The van der Waals surface area contributed by atoms with Crippen molar-refractivity contribution in [2.45, 2.75) is 12.8 Å². The lowest BCUT2D eigenvalue weighted by Crippen LogP contribution is -2.44.